The summed E-state index contributed by atoms with van der Waals surface area (Å²) in [6, 6.07) is 6.73. The van der Waals surface area contributed by atoms with Crippen molar-refractivity contribution in [3.8, 4) is 0 Å². The Morgan fingerprint density at radius 2 is 1.77 bits per heavy atom. The van der Waals surface area contributed by atoms with E-state index in [4.69, 9.17) is 4.74 Å². The van der Waals surface area contributed by atoms with E-state index < -0.39 is 22.9 Å². The number of esters is 1. The van der Waals surface area contributed by atoms with Gasteiger partial charge in [-0.2, -0.15) is 0 Å². The summed E-state index contributed by atoms with van der Waals surface area (Å²) in [4.78, 5) is 39.4. The highest BCUT2D eigenvalue weighted by Crippen LogP contribution is 2.12. The van der Waals surface area contributed by atoms with Crippen LogP contribution in [-0.4, -0.2) is 70.3 Å². The monoisotopic (exact) mass is 380 g/mol. The van der Waals surface area contributed by atoms with E-state index in [1.807, 2.05) is 0 Å². The third kappa shape index (κ3) is 5.39. The van der Waals surface area contributed by atoms with Crippen LogP contribution in [0.4, 0.5) is 0 Å². The van der Waals surface area contributed by atoms with Crippen molar-refractivity contribution in [1.29, 1.82) is 0 Å². The number of rotatable bonds is 5. The maximum Gasteiger partial charge on any atom is 0.338 e. The zero-order valence-electron chi connectivity index (χ0n) is 15.3. The van der Waals surface area contributed by atoms with Crippen molar-refractivity contribution in [3.05, 3.63) is 35.4 Å². The number of piperazine rings is 1. The molecular weight excluding hydrogens is 356 g/mol. The molecule has 1 fully saturated rings. The van der Waals surface area contributed by atoms with E-state index in [0.29, 0.717) is 37.5 Å². The summed E-state index contributed by atoms with van der Waals surface area (Å²) in [5.74, 6) is -0.510. The normalized spacial score (nSPS) is 16.7. The lowest BCUT2D eigenvalue weighted by Gasteiger charge is -2.35. The summed E-state index contributed by atoms with van der Waals surface area (Å²) in [6.45, 7) is 4.87. The van der Waals surface area contributed by atoms with Crippen molar-refractivity contribution in [2.75, 3.05) is 32.4 Å². The Hall–Kier alpha value is -2.22. The number of carbonyl (C=O) groups excluding carboxylic acids is 3. The summed E-state index contributed by atoms with van der Waals surface area (Å²) in [5.41, 5.74) is 1.11. The average molecular weight is 380 g/mol. The Morgan fingerprint density at radius 3 is 2.35 bits per heavy atom. The Kier molecular flexibility index (Phi) is 6.90. The number of hydrogen-bond acceptors (Lipinski definition) is 5. The first-order valence-corrected chi connectivity index (χ1v) is 10.1. The molecule has 1 saturated heterocycles. The molecule has 0 spiro atoms. The maximum absolute atomic E-state index is 12.5. The SMILES string of the molecule is CC(=O)N1CCN(C(=O)C(C)OC(=O)c2cccc(CS(C)=O)c2)CC1. The van der Waals surface area contributed by atoms with E-state index in [9.17, 15) is 18.6 Å². The number of amides is 2. The minimum Gasteiger partial charge on any atom is -0.449 e. The fourth-order valence-corrected chi connectivity index (χ4v) is 3.45. The summed E-state index contributed by atoms with van der Waals surface area (Å²) >= 11 is 0. The lowest BCUT2D eigenvalue weighted by Crippen LogP contribution is -2.52. The molecule has 1 heterocycles. The van der Waals surface area contributed by atoms with Gasteiger partial charge in [0.2, 0.25) is 5.91 Å². The van der Waals surface area contributed by atoms with Crippen molar-refractivity contribution < 1.29 is 23.3 Å². The van der Waals surface area contributed by atoms with E-state index in [2.05, 4.69) is 0 Å². The number of hydrogen-bond donors (Lipinski definition) is 0. The summed E-state index contributed by atoms with van der Waals surface area (Å²) in [5, 5.41) is 0. The second-order valence-corrected chi connectivity index (χ2v) is 7.73. The fraction of sp³-hybridized carbons (Fsp3) is 0.500. The first kappa shape index (κ1) is 20.1. The highest BCUT2D eigenvalue weighted by molar-refractivity contribution is 7.83. The molecule has 142 valence electrons. The van der Waals surface area contributed by atoms with Gasteiger partial charge < -0.3 is 14.5 Å². The molecule has 2 rings (SSSR count). The zero-order chi connectivity index (χ0) is 19.3. The van der Waals surface area contributed by atoms with Crippen LogP contribution in [0.1, 0.15) is 29.8 Å². The average Bonchev–Trinajstić information content (AvgIpc) is 2.60. The van der Waals surface area contributed by atoms with Crippen molar-refractivity contribution in [2.45, 2.75) is 25.7 Å². The predicted molar refractivity (Wildman–Crippen MR) is 97.9 cm³/mol. The topological polar surface area (TPSA) is 84.0 Å². The Morgan fingerprint density at radius 1 is 1.15 bits per heavy atom. The zero-order valence-corrected chi connectivity index (χ0v) is 16.1. The van der Waals surface area contributed by atoms with Gasteiger partial charge in [-0.25, -0.2) is 4.79 Å². The number of carbonyl (C=O) groups is 3. The molecule has 1 aromatic carbocycles. The van der Waals surface area contributed by atoms with E-state index in [-0.39, 0.29) is 11.8 Å². The standard InChI is InChI=1S/C18H24N2O5S/c1-13(17(22)20-9-7-19(8-10-20)14(2)21)25-18(23)16-6-4-5-15(11-16)12-26(3)24/h4-6,11,13H,7-10,12H2,1-3H3. The van der Waals surface area contributed by atoms with Gasteiger partial charge in [-0.05, 0) is 24.6 Å². The quantitative estimate of drug-likeness (QED) is 0.706. The van der Waals surface area contributed by atoms with Gasteiger partial charge in [-0.1, -0.05) is 12.1 Å². The molecule has 0 bridgehead atoms. The lowest BCUT2D eigenvalue weighted by atomic mass is 10.1. The minimum atomic E-state index is -1.01. The molecule has 0 aromatic heterocycles. The Labute approximate surface area is 155 Å². The molecule has 0 saturated carbocycles. The van der Waals surface area contributed by atoms with Crippen LogP contribution in [0, 0.1) is 0 Å². The van der Waals surface area contributed by atoms with Crippen LogP contribution >= 0.6 is 0 Å². The van der Waals surface area contributed by atoms with Crippen LogP contribution in [-0.2, 0) is 30.9 Å². The first-order chi connectivity index (χ1) is 12.3. The maximum atomic E-state index is 12.5. The van der Waals surface area contributed by atoms with Gasteiger partial charge in [-0.15, -0.1) is 0 Å². The molecule has 2 atom stereocenters. The van der Waals surface area contributed by atoms with Crippen molar-refractivity contribution in [1.82, 2.24) is 9.80 Å². The first-order valence-electron chi connectivity index (χ1n) is 8.42. The molecule has 8 heteroatoms. The molecule has 1 aliphatic rings. The van der Waals surface area contributed by atoms with Gasteiger partial charge in [0.05, 0.1) is 5.56 Å². The molecule has 1 aromatic rings. The molecule has 2 unspecified atom stereocenters. The van der Waals surface area contributed by atoms with Gasteiger partial charge in [0, 0.05) is 55.9 Å². The molecular formula is C18H24N2O5S. The van der Waals surface area contributed by atoms with Crippen LogP contribution in [0.25, 0.3) is 0 Å². The lowest BCUT2D eigenvalue weighted by molar-refractivity contribution is -0.144. The van der Waals surface area contributed by atoms with Gasteiger partial charge in [0.25, 0.3) is 5.91 Å². The molecule has 7 nitrogen and oxygen atoms in total. The number of ether oxygens (including phenoxy) is 1. The largest absolute Gasteiger partial charge is 0.449 e. The van der Waals surface area contributed by atoms with Gasteiger partial charge in [0.1, 0.15) is 0 Å². The number of nitrogens with zero attached hydrogens (tertiary/aromatic N) is 2. The van der Waals surface area contributed by atoms with Crippen LogP contribution < -0.4 is 0 Å². The third-order valence-corrected chi connectivity index (χ3v) is 4.94. The Bertz CT molecular complexity index is 713. The molecule has 2 amide bonds. The minimum absolute atomic E-state index is 0.00975. The third-order valence-electron chi connectivity index (χ3n) is 4.20. The summed E-state index contributed by atoms with van der Waals surface area (Å²) < 4.78 is 16.6. The van der Waals surface area contributed by atoms with Gasteiger partial charge >= 0.3 is 5.97 Å². The van der Waals surface area contributed by atoms with E-state index in [0.717, 1.165) is 5.56 Å². The smallest absolute Gasteiger partial charge is 0.338 e. The second kappa shape index (κ2) is 8.93. The van der Waals surface area contributed by atoms with Crippen molar-refractivity contribution in [3.63, 3.8) is 0 Å². The van der Waals surface area contributed by atoms with Crippen LogP contribution in [0.2, 0.25) is 0 Å². The van der Waals surface area contributed by atoms with Crippen LogP contribution in [0.5, 0.6) is 0 Å². The van der Waals surface area contributed by atoms with E-state index in [1.165, 1.54) is 6.92 Å². The van der Waals surface area contributed by atoms with Gasteiger partial charge in [-0.3, -0.25) is 13.8 Å². The Balaban J connectivity index is 1.93. The second-order valence-electron chi connectivity index (χ2n) is 6.30. The van der Waals surface area contributed by atoms with Crippen molar-refractivity contribution >= 4 is 28.6 Å². The molecule has 26 heavy (non-hydrogen) atoms. The van der Waals surface area contributed by atoms with Gasteiger partial charge in [0.15, 0.2) is 6.10 Å². The van der Waals surface area contributed by atoms with E-state index in [1.54, 1.807) is 47.2 Å². The molecule has 1 aliphatic heterocycles. The molecule has 0 N–H and O–H groups in total. The van der Waals surface area contributed by atoms with Crippen LogP contribution in [0.15, 0.2) is 24.3 Å². The van der Waals surface area contributed by atoms with E-state index >= 15 is 0 Å². The predicted octanol–water partition coefficient (Wildman–Crippen LogP) is 0.801. The summed E-state index contributed by atoms with van der Waals surface area (Å²) in [7, 11) is -1.01. The number of benzene rings is 1. The summed E-state index contributed by atoms with van der Waals surface area (Å²) in [6.07, 6.45) is 0.688. The van der Waals surface area contributed by atoms with Crippen LogP contribution in [0.3, 0.4) is 0 Å². The highest BCUT2D eigenvalue weighted by Gasteiger charge is 2.28. The fourth-order valence-electron chi connectivity index (χ4n) is 2.80. The molecule has 0 aliphatic carbocycles. The molecule has 0 radical (unpaired) electrons. The van der Waals surface area contributed by atoms with Crippen molar-refractivity contribution in [2.24, 2.45) is 0 Å². The highest BCUT2D eigenvalue weighted by atomic mass is 32.2.